The number of ether oxygens (including phenoxy) is 3. The molecular weight excluding hydrogens is 424 g/mol. The average Bonchev–Trinajstić information content (AvgIpc) is 3.12. The van der Waals surface area contributed by atoms with E-state index in [4.69, 9.17) is 14.2 Å². The number of rotatable bonds is 2. The second-order valence-corrected chi connectivity index (χ2v) is 8.48. The third-order valence-corrected chi connectivity index (χ3v) is 6.59. The van der Waals surface area contributed by atoms with Gasteiger partial charge in [0.05, 0.1) is 42.5 Å². The summed E-state index contributed by atoms with van der Waals surface area (Å²) in [4.78, 5) is 38.5. The Balaban J connectivity index is 1.57. The summed E-state index contributed by atoms with van der Waals surface area (Å²) in [6.45, 7) is 1.05. The monoisotopic (exact) mass is 446 g/mol. The van der Waals surface area contributed by atoms with Crippen molar-refractivity contribution >= 4 is 17.5 Å². The number of ketones is 2. The highest BCUT2D eigenvalue weighted by Crippen LogP contribution is 2.45. The topological polar surface area (TPSA) is 160 Å². The minimum absolute atomic E-state index is 0.0104. The van der Waals surface area contributed by atoms with Gasteiger partial charge in [-0.15, -0.1) is 0 Å². The average molecular weight is 446 g/mol. The van der Waals surface area contributed by atoms with Gasteiger partial charge >= 0.3 is 5.97 Å². The lowest BCUT2D eigenvalue weighted by Gasteiger charge is -2.38. The van der Waals surface area contributed by atoms with Crippen molar-refractivity contribution in [1.82, 2.24) is 0 Å². The second kappa shape index (κ2) is 7.46. The first-order valence-electron chi connectivity index (χ1n) is 10.4. The van der Waals surface area contributed by atoms with E-state index in [1.807, 2.05) is 0 Å². The molecule has 10 heteroatoms. The summed E-state index contributed by atoms with van der Waals surface area (Å²) in [5.74, 6) is -2.13. The fraction of sp³-hybridized carbons (Fsp3) is 0.500. The first kappa shape index (κ1) is 21.2. The van der Waals surface area contributed by atoms with E-state index in [0.29, 0.717) is 0 Å². The predicted molar refractivity (Wildman–Crippen MR) is 104 cm³/mol. The van der Waals surface area contributed by atoms with Crippen LogP contribution in [0.25, 0.3) is 0 Å². The summed E-state index contributed by atoms with van der Waals surface area (Å²) in [5, 5.41) is 40.5. The number of carbonyl (C=O) groups excluding carboxylic acids is 3. The van der Waals surface area contributed by atoms with Gasteiger partial charge in [-0.25, -0.2) is 0 Å². The van der Waals surface area contributed by atoms with Gasteiger partial charge in [0.2, 0.25) is 0 Å². The lowest BCUT2D eigenvalue weighted by molar-refractivity contribution is -0.181. The number of Topliss-reactive ketones (excluding diaryl/α,β-unsaturated/α-hetero) is 2. The molecule has 32 heavy (non-hydrogen) atoms. The van der Waals surface area contributed by atoms with Crippen molar-refractivity contribution in [3.63, 3.8) is 0 Å². The Labute approximate surface area is 182 Å². The molecule has 7 atom stereocenters. The van der Waals surface area contributed by atoms with Crippen molar-refractivity contribution in [2.75, 3.05) is 6.61 Å². The summed E-state index contributed by atoms with van der Waals surface area (Å²) in [6.07, 6.45) is -7.01. The highest BCUT2D eigenvalue weighted by atomic mass is 16.6. The first-order chi connectivity index (χ1) is 15.2. The van der Waals surface area contributed by atoms with Crippen molar-refractivity contribution in [3.8, 4) is 5.75 Å². The Hall–Kier alpha value is -2.63. The van der Waals surface area contributed by atoms with Crippen LogP contribution in [-0.4, -0.2) is 81.2 Å². The van der Waals surface area contributed by atoms with Crippen LogP contribution in [0.5, 0.6) is 5.75 Å². The number of hydrogen-bond donors (Lipinski definition) is 4. The van der Waals surface area contributed by atoms with Crippen LogP contribution < -0.4 is 0 Å². The Morgan fingerprint density at radius 1 is 1.06 bits per heavy atom. The number of aliphatic hydroxyl groups excluding tert-OH is 3. The quantitative estimate of drug-likeness (QED) is 0.445. The van der Waals surface area contributed by atoms with Crippen molar-refractivity contribution < 1.29 is 49.0 Å². The first-order valence-corrected chi connectivity index (χ1v) is 10.4. The van der Waals surface area contributed by atoms with Crippen LogP contribution in [0.4, 0.5) is 0 Å². The Kier molecular flexibility index (Phi) is 4.95. The van der Waals surface area contributed by atoms with E-state index in [1.54, 1.807) is 6.92 Å². The van der Waals surface area contributed by atoms with Crippen molar-refractivity contribution in [3.05, 3.63) is 40.0 Å². The van der Waals surface area contributed by atoms with Gasteiger partial charge in [0.25, 0.3) is 0 Å². The van der Waals surface area contributed by atoms with Gasteiger partial charge in [0.15, 0.2) is 17.7 Å². The third-order valence-electron chi connectivity index (χ3n) is 6.59. The summed E-state index contributed by atoms with van der Waals surface area (Å²) < 4.78 is 16.6. The number of aromatic hydroxyl groups is 1. The number of aliphatic hydroxyl groups is 3. The van der Waals surface area contributed by atoms with E-state index in [9.17, 15) is 34.8 Å². The largest absolute Gasteiger partial charge is 0.507 e. The molecule has 1 aromatic carbocycles. The molecule has 1 aromatic rings. The highest BCUT2D eigenvalue weighted by Gasteiger charge is 2.51. The van der Waals surface area contributed by atoms with Gasteiger partial charge in [-0.3, -0.25) is 14.4 Å². The molecule has 0 spiro atoms. The molecule has 0 amide bonds. The number of phenolic OH excluding ortho intramolecular Hbond substituents is 1. The maximum atomic E-state index is 13.4. The van der Waals surface area contributed by atoms with E-state index < -0.39 is 72.6 Å². The van der Waals surface area contributed by atoms with Gasteiger partial charge in [-0.1, -0.05) is 6.07 Å². The molecule has 1 aliphatic carbocycles. The normalized spacial score (nSPS) is 36.5. The molecule has 5 rings (SSSR count). The summed E-state index contributed by atoms with van der Waals surface area (Å²) >= 11 is 0. The Bertz CT molecular complexity index is 1060. The van der Waals surface area contributed by atoms with Crippen molar-refractivity contribution in [1.29, 1.82) is 0 Å². The van der Waals surface area contributed by atoms with Gasteiger partial charge in [-0.2, -0.15) is 0 Å². The summed E-state index contributed by atoms with van der Waals surface area (Å²) in [7, 11) is 0. The molecule has 4 aliphatic rings. The zero-order chi connectivity index (χ0) is 22.9. The molecule has 170 valence electrons. The number of fused-ring (bicyclic) bond motifs is 3. The highest BCUT2D eigenvalue weighted by molar-refractivity contribution is 6.29. The van der Waals surface area contributed by atoms with Crippen LogP contribution in [-0.2, 0) is 19.0 Å². The van der Waals surface area contributed by atoms with Gasteiger partial charge in [-0.05, 0) is 13.0 Å². The van der Waals surface area contributed by atoms with E-state index in [0.717, 1.165) is 0 Å². The number of carbonyl (C=O) groups is 3. The fourth-order valence-corrected chi connectivity index (χ4v) is 5.03. The smallest absolute Gasteiger partial charge is 0.309 e. The number of phenols is 1. The number of esters is 1. The maximum absolute atomic E-state index is 13.4. The summed E-state index contributed by atoms with van der Waals surface area (Å²) in [5.41, 5.74) is 0.0271. The maximum Gasteiger partial charge on any atom is 0.309 e. The predicted octanol–water partition coefficient (Wildman–Crippen LogP) is -0.285. The molecule has 0 saturated carbocycles. The standard InChI is InChI=1S/C22H22O10/c1-7-15-17(22-12(30-7)5-14(25)32-22)19(27)9-3-2-8(18(26)16(9)21(15)29)11-4-10(24)20(28)13(6-23)31-11/h2-3,7,10-13,20,22-24,26,28H,4-6H2,1H3/t7-,10-,11-,12-,13-,20+,22+/m1/s1. The lowest BCUT2D eigenvalue weighted by atomic mass is 9.76. The molecule has 3 heterocycles. The minimum atomic E-state index is -1.30. The lowest BCUT2D eigenvalue weighted by Crippen LogP contribution is -2.47. The van der Waals surface area contributed by atoms with Crippen molar-refractivity contribution in [2.45, 2.75) is 62.5 Å². The van der Waals surface area contributed by atoms with Crippen molar-refractivity contribution in [2.24, 2.45) is 0 Å². The van der Waals surface area contributed by atoms with Gasteiger partial charge in [0, 0.05) is 23.1 Å². The van der Waals surface area contributed by atoms with Crippen LogP contribution in [0, 0.1) is 0 Å². The van der Waals surface area contributed by atoms with E-state index >= 15 is 0 Å². The summed E-state index contributed by atoms with van der Waals surface area (Å²) in [6, 6.07) is 2.80. The molecule has 0 radical (unpaired) electrons. The zero-order valence-electron chi connectivity index (χ0n) is 17.1. The SMILES string of the molecule is C[C@H]1O[C@@H]2CC(=O)O[C@@H]2C2=C1C(=O)c1c(ccc([C@H]3C[C@@H](O)[C@H](O)[C@@H](CO)O3)c1O)C2=O. The molecule has 2 saturated heterocycles. The minimum Gasteiger partial charge on any atom is -0.507 e. The molecule has 0 aromatic heterocycles. The molecule has 4 N–H and O–H groups in total. The number of hydrogen-bond acceptors (Lipinski definition) is 10. The van der Waals surface area contributed by atoms with Crippen LogP contribution >= 0.6 is 0 Å². The van der Waals surface area contributed by atoms with Crippen LogP contribution in [0.15, 0.2) is 23.3 Å². The van der Waals surface area contributed by atoms with Crippen LogP contribution in [0.1, 0.15) is 52.1 Å². The van der Waals surface area contributed by atoms with Gasteiger partial charge < -0.3 is 34.6 Å². The Morgan fingerprint density at radius 3 is 2.53 bits per heavy atom. The molecule has 3 aliphatic heterocycles. The number of benzene rings is 1. The molecular formula is C22H22O10. The van der Waals surface area contributed by atoms with Crippen LogP contribution in [0.2, 0.25) is 0 Å². The van der Waals surface area contributed by atoms with E-state index in [-0.39, 0.29) is 40.7 Å². The molecule has 0 bridgehead atoms. The van der Waals surface area contributed by atoms with E-state index in [1.165, 1.54) is 12.1 Å². The van der Waals surface area contributed by atoms with Crippen LogP contribution in [0.3, 0.4) is 0 Å². The molecule has 0 unspecified atom stereocenters. The zero-order valence-corrected chi connectivity index (χ0v) is 17.1. The van der Waals surface area contributed by atoms with Gasteiger partial charge in [0.1, 0.15) is 24.1 Å². The van der Waals surface area contributed by atoms with E-state index in [2.05, 4.69) is 0 Å². The molecule has 10 nitrogen and oxygen atoms in total. The second-order valence-electron chi connectivity index (χ2n) is 8.48. The fourth-order valence-electron chi connectivity index (χ4n) is 5.03. The Morgan fingerprint density at radius 2 is 1.81 bits per heavy atom. The third kappa shape index (κ3) is 2.95. The molecule has 2 fully saturated rings.